The van der Waals surface area contributed by atoms with Gasteiger partial charge in [0.2, 0.25) is 0 Å². The molecule has 0 spiro atoms. The summed E-state index contributed by atoms with van der Waals surface area (Å²) in [4.78, 5) is 19.5. The maximum atomic E-state index is 12.3. The molecule has 3 aromatic rings. The van der Waals surface area contributed by atoms with Gasteiger partial charge in [0.1, 0.15) is 0 Å². The highest BCUT2D eigenvalue weighted by Crippen LogP contribution is 2.29. The lowest BCUT2D eigenvalue weighted by Gasteiger charge is -2.11. The highest BCUT2D eigenvalue weighted by molar-refractivity contribution is 8.18. The number of amides is 1. The number of nitrogens with zero attached hydrogens (tertiary/aromatic N) is 2. The number of rotatable bonds is 5. The van der Waals surface area contributed by atoms with Gasteiger partial charge in [-0.15, -0.1) is 0 Å². The molecule has 0 aliphatic carbocycles. The minimum atomic E-state index is -0.127. The van der Waals surface area contributed by atoms with Crippen LogP contribution in [0.3, 0.4) is 0 Å². The molecule has 0 saturated carbocycles. The van der Waals surface area contributed by atoms with Gasteiger partial charge in [0.15, 0.2) is 5.17 Å². The van der Waals surface area contributed by atoms with Gasteiger partial charge in [-0.25, -0.2) is 4.99 Å². The first-order valence-electron chi connectivity index (χ1n) is 9.56. The second kappa shape index (κ2) is 8.88. The molecule has 6 heteroatoms. The van der Waals surface area contributed by atoms with Gasteiger partial charge in [-0.05, 0) is 71.9 Å². The zero-order valence-electron chi connectivity index (χ0n) is 16.8. The summed E-state index contributed by atoms with van der Waals surface area (Å²) in [6.07, 6.45) is 1.88. The fourth-order valence-corrected chi connectivity index (χ4v) is 3.77. The van der Waals surface area contributed by atoms with Gasteiger partial charge in [-0.3, -0.25) is 4.79 Å². The van der Waals surface area contributed by atoms with Crippen molar-refractivity contribution in [2.75, 3.05) is 24.3 Å². The summed E-state index contributed by atoms with van der Waals surface area (Å²) in [6, 6.07) is 25.9. The van der Waals surface area contributed by atoms with Crippen LogP contribution in [0.15, 0.2) is 88.8 Å². The molecule has 150 valence electrons. The van der Waals surface area contributed by atoms with Crippen LogP contribution in [0.4, 0.5) is 22.7 Å². The molecule has 0 unspecified atom stereocenters. The van der Waals surface area contributed by atoms with Gasteiger partial charge in [0.05, 0.1) is 10.6 Å². The third kappa shape index (κ3) is 4.90. The minimum absolute atomic E-state index is 0.127. The molecule has 0 atom stereocenters. The maximum absolute atomic E-state index is 12.3. The molecular formula is C24H22N4OS. The number of amidine groups is 1. The van der Waals surface area contributed by atoms with Crippen LogP contribution in [0, 0.1) is 0 Å². The number of carbonyl (C=O) groups is 1. The molecule has 1 saturated heterocycles. The molecule has 1 heterocycles. The first-order chi connectivity index (χ1) is 14.6. The summed E-state index contributed by atoms with van der Waals surface area (Å²) in [5, 5.41) is 6.76. The lowest BCUT2D eigenvalue weighted by molar-refractivity contribution is -0.115. The number of hydrogen-bond donors (Lipinski definition) is 2. The van der Waals surface area contributed by atoms with Crippen molar-refractivity contribution in [2.45, 2.75) is 0 Å². The number of carbonyl (C=O) groups excluding carboxylic acids is 1. The molecule has 30 heavy (non-hydrogen) atoms. The second-order valence-electron chi connectivity index (χ2n) is 7.01. The Labute approximate surface area is 180 Å². The third-order valence-electron chi connectivity index (χ3n) is 4.52. The predicted octanol–water partition coefficient (Wildman–Crippen LogP) is 5.39. The monoisotopic (exact) mass is 414 g/mol. The molecule has 2 N–H and O–H groups in total. The lowest BCUT2D eigenvalue weighted by atomic mass is 10.2. The topological polar surface area (TPSA) is 56.7 Å². The largest absolute Gasteiger partial charge is 0.378 e. The Balaban J connectivity index is 1.44. The van der Waals surface area contributed by atoms with Crippen LogP contribution in [0.1, 0.15) is 5.56 Å². The van der Waals surface area contributed by atoms with E-state index < -0.39 is 0 Å². The van der Waals surface area contributed by atoms with E-state index in [0.717, 1.165) is 28.3 Å². The van der Waals surface area contributed by atoms with E-state index in [1.807, 2.05) is 104 Å². The molecule has 0 bridgehead atoms. The maximum Gasteiger partial charge on any atom is 0.264 e. The normalized spacial score (nSPS) is 16.0. The number of benzene rings is 3. The van der Waals surface area contributed by atoms with Crippen LogP contribution in [0.5, 0.6) is 0 Å². The molecule has 1 aliphatic heterocycles. The van der Waals surface area contributed by atoms with E-state index >= 15 is 0 Å². The number of nitrogens with one attached hydrogen (secondary N) is 2. The van der Waals surface area contributed by atoms with E-state index in [1.165, 1.54) is 11.8 Å². The van der Waals surface area contributed by atoms with Gasteiger partial charge >= 0.3 is 0 Å². The Kier molecular flexibility index (Phi) is 5.86. The number of anilines is 3. The zero-order valence-corrected chi connectivity index (χ0v) is 17.6. The van der Waals surface area contributed by atoms with Gasteiger partial charge < -0.3 is 15.5 Å². The van der Waals surface area contributed by atoms with E-state index in [0.29, 0.717) is 10.1 Å². The van der Waals surface area contributed by atoms with E-state index in [1.54, 1.807) is 0 Å². The smallest absolute Gasteiger partial charge is 0.264 e. The molecule has 0 aromatic heterocycles. The molecule has 0 radical (unpaired) electrons. The van der Waals surface area contributed by atoms with Gasteiger partial charge in [-0.2, -0.15) is 0 Å². The fraction of sp³-hybridized carbons (Fsp3) is 0.0833. The molecule has 1 aliphatic rings. The Hall–Kier alpha value is -3.51. The second-order valence-corrected chi connectivity index (χ2v) is 8.04. The molecular weight excluding hydrogens is 392 g/mol. The van der Waals surface area contributed by atoms with Crippen LogP contribution in [-0.4, -0.2) is 25.2 Å². The Bertz CT molecular complexity index is 1090. The summed E-state index contributed by atoms with van der Waals surface area (Å²) in [5.41, 5.74) is 4.90. The Morgan fingerprint density at radius 1 is 0.900 bits per heavy atom. The molecule has 1 amide bonds. The average molecular weight is 415 g/mol. The van der Waals surface area contributed by atoms with Crippen molar-refractivity contribution in [1.82, 2.24) is 5.32 Å². The fourth-order valence-electron chi connectivity index (χ4n) is 2.93. The van der Waals surface area contributed by atoms with Crippen molar-refractivity contribution >= 4 is 51.7 Å². The first-order valence-corrected chi connectivity index (χ1v) is 10.4. The van der Waals surface area contributed by atoms with Crippen molar-refractivity contribution in [3.63, 3.8) is 0 Å². The Morgan fingerprint density at radius 3 is 2.23 bits per heavy atom. The summed E-state index contributed by atoms with van der Waals surface area (Å²) in [7, 11) is 4.00. The standard InChI is InChI=1S/C24H22N4OS/c1-28(2)21-14-8-17(9-15-21)16-22-23(29)27-24(30-22)26-20-12-10-19(11-13-20)25-18-6-4-3-5-7-18/h3-16,25H,1-2H3,(H,26,27,29)/b22-16-. The lowest BCUT2D eigenvalue weighted by Crippen LogP contribution is -2.19. The van der Waals surface area contributed by atoms with Crippen molar-refractivity contribution in [1.29, 1.82) is 0 Å². The SMILES string of the molecule is CN(C)c1ccc(/C=C2\SC(=Nc3ccc(Nc4ccccc4)cc3)NC2=O)cc1. The van der Waals surface area contributed by atoms with Gasteiger partial charge in [0.25, 0.3) is 5.91 Å². The number of para-hydroxylation sites is 1. The van der Waals surface area contributed by atoms with E-state index in [2.05, 4.69) is 15.6 Å². The Morgan fingerprint density at radius 2 is 1.57 bits per heavy atom. The summed E-state index contributed by atoms with van der Waals surface area (Å²) < 4.78 is 0. The quantitative estimate of drug-likeness (QED) is 0.550. The van der Waals surface area contributed by atoms with Crippen LogP contribution >= 0.6 is 11.8 Å². The van der Waals surface area contributed by atoms with E-state index in [4.69, 9.17) is 0 Å². The average Bonchev–Trinajstić information content (AvgIpc) is 3.09. The van der Waals surface area contributed by atoms with Crippen molar-refractivity contribution in [2.24, 2.45) is 4.99 Å². The predicted molar refractivity (Wildman–Crippen MR) is 128 cm³/mol. The number of thioether (sulfide) groups is 1. The molecule has 3 aromatic carbocycles. The van der Waals surface area contributed by atoms with Crippen LogP contribution in [0.2, 0.25) is 0 Å². The zero-order chi connectivity index (χ0) is 20.9. The molecule has 4 rings (SSSR count). The highest BCUT2D eigenvalue weighted by Gasteiger charge is 2.23. The highest BCUT2D eigenvalue weighted by atomic mass is 32.2. The van der Waals surface area contributed by atoms with Crippen molar-refractivity contribution in [3.05, 3.63) is 89.3 Å². The minimum Gasteiger partial charge on any atom is -0.378 e. The van der Waals surface area contributed by atoms with Crippen molar-refractivity contribution < 1.29 is 4.79 Å². The molecule has 5 nitrogen and oxygen atoms in total. The van der Waals surface area contributed by atoms with Crippen LogP contribution < -0.4 is 15.5 Å². The summed E-state index contributed by atoms with van der Waals surface area (Å²) in [5.74, 6) is -0.127. The van der Waals surface area contributed by atoms with E-state index in [9.17, 15) is 4.79 Å². The van der Waals surface area contributed by atoms with Crippen molar-refractivity contribution in [3.8, 4) is 0 Å². The number of aliphatic imine (C=N–C) groups is 1. The number of hydrogen-bond acceptors (Lipinski definition) is 5. The van der Waals surface area contributed by atoms with Gasteiger partial charge in [0, 0.05) is 31.2 Å². The van der Waals surface area contributed by atoms with Gasteiger partial charge in [-0.1, -0.05) is 30.3 Å². The third-order valence-corrected chi connectivity index (χ3v) is 5.43. The van der Waals surface area contributed by atoms with Crippen LogP contribution in [0.25, 0.3) is 6.08 Å². The first kappa shape index (κ1) is 19.8. The molecule has 1 fully saturated rings. The summed E-state index contributed by atoms with van der Waals surface area (Å²) in [6.45, 7) is 0. The summed E-state index contributed by atoms with van der Waals surface area (Å²) >= 11 is 1.35. The van der Waals surface area contributed by atoms with E-state index in [-0.39, 0.29) is 5.91 Å². The van der Waals surface area contributed by atoms with Crippen LogP contribution in [-0.2, 0) is 4.79 Å².